The van der Waals surface area contributed by atoms with Gasteiger partial charge in [0.15, 0.2) is 28.2 Å². The fourth-order valence-corrected chi connectivity index (χ4v) is 7.34. The van der Waals surface area contributed by atoms with Crippen molar-refractivity contribution in [2.75, 3.05) is 5.32 Å². The number of nitrogens with one attached hydrogen (secondary N) is 1. The van der Waals surface area contributed by atoms with Crippen LogP contribution in [-0.4, -0.2) is 35.7 Å². The van der Waals surface area contributed by atoms with Gasteiger partial charge < -0.3 is 10.4 Å². The Morgan fingerprint density at radius 3 is 1.98 bits per heavy atom. The lowest BCUT2D eigenvalue weighted by Crippen LogP contribution is -2.48. The van der Waals surface area contributed by atoms with Gasteiger partial charge in [0.05, 0.1) is 5.56 Å². The lowest BCUT2D eigenvalue weighted by molar-refractivity contribution is -0.119. The fraction of sp³-hybridized carbons (Fsp3) is 0.278. The van der Waals surface area contributed by atoms with Crippen LogP contribution in [0.2, 0.25) is 5.02 Å². The summed E-state index contributed by atoms with van der Waals surface area (Å²) in [6.07, 6.45) is 1.28. The molecule has 270 valence electrons. The highest BCUT2D eigenvalue weighted by Crippen LogP contribution is 2.42. The number of carboxylic acids is 1. The molecule has 1 fully saturated rings. The van der Waals surface area contributed by atoms with Crippen LogP contribution in [0.5, 0.6) is 0 Å². The topological polar surface area (TPSA) is 104 Å². The second kappa shape index (κ2) is 14.3. The van der Waals surface area contributed by atoms with Crippen molar-refractivity contribution in [3.63, 3.8) is 0 Å². The van der Waals surface area contributed by atoms with E-state index >= 15 is 8.78 Å². The second-order valence-electron chi connectivity index (χ2n) is 13.3. The van der Waals surface area contributed by atoms with Gasteiger partial charge in [-0.1, -0.05) is 62.7 Å². The molecule has 0 heterocycles. The molecule has 1 unspecified atom stereocenters. The van der Waals surface area contributed by atoms with Gasteiger partial charge in [-0.15, -0.1) is 0 Å². The molecule has 4 aromatic rings. The molecular formula is C36H31ClF6N2O5S. The van der Waals surface area contributed by atoms with Crippen molar-refractivity contribution in [1.82, 2.24) is 4.31 Å². The number of benzene rings is 4. The number of nitrogens with zero attached hydrogens (tertiary/aromatic N) is 1. The van der Waals surface area contributed by atoms with E-state index in [4.69, 9.17) is 11.6 Å². The fourth-order valence-electron chi connectivity index (χ4n) is 5.52. The Hall–Kier alpha value is -4.40. The Morgan fingerprint density at radius 2 is 1.45 bits per heavy atom. The first kappa shape index (κ1) is 37.8. The van der Waals surface area contributed by atoms with Crippen LogP contribution in [0.25, 0.3) is 0 Å². The maximum Gasteiger partial charge on any atom is 0.338 e. The average Bonchev–Trinajstić information content (AvgIpc) is 3.90. The summed E-state index contributed by atoms with van der Waals surface area (Å²) in [7, 11) is -5.78. The van der Waals surface area contributed by atoms with E-state index in [0.717, 1.165) is 36.1 Å². The number of carbonyl (C=O) groups excluding carboxylic acids is 1. The molecule has 1 atom stereocenters. The van der Waals surface area contributed by atoms with E-state index in [1.54, 1.807) is 12.1 Å². The molecule has 0 radical (unpaired) electrons. The molecule has 1 aliphatic rings. The van der Waals surface area contributed by atoms with Gasteiger partial charge >= 0.3 is 5.97 Å². The molecule has 0 aliphatic heterocycles. The Bertz CT molecular complexity index is 2110. The van der Waals surface area contributed by atoms with E-state index in [1.165, 1.54) is 24.3 Å². The van der Waals surface area contributed by atoms with Crippen molar-refractivity contribution in [2.24, 2.45) is 0 Å². The summed E-state index contributed by atoms with van der Waals surface area (Å²) >= 11 is 5.99. The molecule has 0 saturated heterocycles. The number of carbonyl (C=O) groups is 2. The smallest absolute Gasteiger partial charge is 0.338 e. The van der Waals surface area contributed by atoms with Crippen LogP contribution in [0.15, 0.2) is 65.6 Å². The summed E-state index contributed by atoms with van der Waals surface area (Å²) in [6, 6.07) is 11.4. The van der Waals surface area contributed by atoms with Crippen molar-refractivity contribution in [2.45, 2.75) is 68.8 Å². The average molecular weight is 753 g/mol. The van der Waals surface area contributed by atoms with Crippen LogP contribution < -0.4 is 5.32 Å². The summed E-state index contributed by atoms with van der Waals surface area (Å²) in [5.74, 6) is -16.7. The van der Waals surface area contributed by atoms with Crippen LogP contribution >= 0.6 is 11.6 Å². The monoisotopic (exact) mass is 752 g/mol. The minimum absolute atomic E-state index is 0.114. The molecule has 1 aliphatic carbocycles. The predicted molar refractivity (Wildman–Crippen MR) is 177 cm³/mol. The first-order valence-electron chi connectivity index (χ1n) is 15.5. The normalized spacial score (nSPS) is 14.1. The van der Waals surface area contributed by atoms with Gasteiger partial charge in [-0.05, 0) is 83.2 Å². The van der Waals surface area contributed by atoms with E-state index in [9.17, 15) is 40.7 Å². The van der Waals surface area contributed by atoms with Crippen LogP contribution in [0.3, 0.4) is 0 Å². The van der Waals surface area contributed by atoms with Gasteiger partial charge in [-0.25, -0.2) is 39.6 Å². The van der Waals surface area contributed by atoms with E-state index in [1.807, 2.05) is 26.8 Å². The van der Waals surface area contributed by atoms with Gasteiger partial charge in [0.25, 0.3) is 0 Å². The third-order valence-corrected chi connectivity index (χ3v) is 10.6. The largest absolute Gasteiger partial charge is 0.478 e. The molecule has 4 aromatic carbocycles. The predicted octanol–water partition coefficient (Wildman–Crippen LogP) is 8.49. The van der Waals surface area contributed by atoms with Gasteiger partial charge in [0.2, 0.25) is 21.7 Å². The zero-order valence-electron chi connectivity index (χ0n) is 27.3. The van der Waals surface area contributed by atoms with Gasteiger partial charge in [0.1, 0.15) is 11.9 Å². The first-order valence-corrected chi connectivity index (χ1v) is 17.4. The molecule has 0 bridgehead atoms. The molecule has 2 N–H and O–H groups in total. The van der Waals surface area contributed by atoms with Crippen molar-refractivity contribution >= 4 is 39.2 Å². The number of amides is 1. The van der Waals surface area contributed by atoms with E-state index in [-0.39, 0.29) is 22.2 Å². The van der Waals surface area contributed by atoms with Crippen LogP contribution in [0.4, 0.5) is 32.0 Å². The molecule has 1 saturated carbocycles. The quantitative estimate of drug-likeness (QED) is 0.0909. The molecule has 0 aromatic heterocycles. The minimum Gasteiger partial charge on any atom is -0.478 e. The summed E-state index contributed by atoms with van der Waals surface area (Å²) in [6.45, 7) is 4.98. The minimum atomic E-state index is -5.78. The van der Waals surface area contributed by atoms with Crippen LogP contribution in [0.1, 0.15) is 72.1 Å². The lowest BCUT2D eigenvalue weighted by Gasteiger charge is -2.31. The summed E-state index contributed by atoms with van der Waals surface area (Å²) in [5.41, 5.74) is 0.776. The number of hydrogen-bond donors (Lipinski definition) is 2. The second-order valence-corrected chi connectivity index (χ2v) is 15.5. The van der Waals surface area contributed by atoms with Crippen LogP contribution in [0, 0.1) is 34.9 Å². The third kappa shape index (κ3) is 8.08. The first-order chi connectivity index (χ1) is 23.8. The van der Waals surface area contributed by atoms with Gasteiger partial charge in [-0.2, -0.15) is 4.31 Å². The van der Waals surface area contributed by atoms with E-state index < -0.39 is 91.7 Å². The lowest BCUT2D eigenvalue weighted by atomic mass is 9.83. The Kier molecular flexibility index (Phi) is 10.6. The number of halogens is 7. The van der Waals surface area contributed by atoms with Crippen molar-refractivity contribution in [1.29, 1.82) is 0 Å². The van der Waals surface area contributed by atoms with Gasteiger partial charge in [0, 0.05) is 17.3 Å². The summed E-state index contributed by atoms with van der Waals surface area (Å²) in [4.78, 5) is 23.4. The number of aromatic carboxylic acids is 1. The van der Waals surface area contributed by atoms with Crippen molar-refractivity contribution in [3.05, 3.63) is 128 Å². The zero-order valence-corrected chi connectivity index (χ0v) is 28.9. The number of anilines is 1. The van der Waals surface area contributed by atoms with Crippen LogP contribution in [-0.2, 0) is 33.2 Å². The molecule has 7 nitrogen and oxygen atoms in total. The summed E-state index contributed by atoms with van der Waals surface area (Å²) < 4.78 is 117. The Balaban J connectivity index is 1.72. The molecule has 1 amide bonds. The molecule has 0 spiro atoms. The summed E-state index contributed by atoms with van der Waals surface area (Å²) in [5, 5.41) is 11.8. The standard InChI is InChI=1S/C36H31ClF6N2O5S/c1-36(2,3)22-13-19(12-21(15-22)20-6-7-20)14-27(34(46)44-24-10-11-25(35(47)48)26(38)16-24)45(17-18-4-8-23(37)9-5-18)51(49,50)33-31(42)29(40)28(39)30(41)32(33)43/h4-5,8-13,15-16,20,27H,6-7,14,17H2,1-3H3,(H,44,46)(H,47,48). The molecule has 51 heavy (non-hydrogen) atoms. The molecule has 5 rings (SSSR count). The molecule has 15 heteroatoms. The maximum absolute atomic E-state index is 15.2. The number of sulfonamides is 1. The highest BCUT2D eigenvalue weighted by atomic mass is 35.5. The van der Waals surface area contributed by atoms with Crippen molar-refractivity contribution in [3.8, 4) is 0 Å². The van der Waals surface area contributed by atoms with E-state index in [0.29, 0.717) is 15.9 Å². The Labute approximate surface area is 294 Å². The molecular weight excluding hydrogens is 722 g/mol. The highest BCUT2D eigenvalue weighted by molar-refractivity contribution is 7.89. The van der Waals surface area contributed by atoms with Crippen molar-refractivity contribution < 1.29 is 49.5 Å². The third-order valence-electron chi connectivity index (χ3n) is 8.46. The van der Waals surface area contributed by atoms with Gasteiger partial charge in [-0.3, -0.25) is 4.79 Å². The van der Waals surface area contributed by atoms with E-state index in [2.05, 4.69) is 5.32 Å². The maximum atomic E-state index is 15.2. The zero-order chi connectivity index (χ0) is 37.6. The number of carboxylic acid groups (broad SMARTS) is 1. The number of rotatable bonds is 11. The Morgan fingerprint density at radius 1 is 0.863 bits per heavy atom. The SMILES string of the molecule is CC(C)(C)c1cc(CC(C(=O)Nc2ccc(C(=O)O)c(F)c2)N(Cc2ccc(Cl)cc2)S(=O)(=O)c2c(F)c(F)c(F)c(F)c2F)cc(C2CC2)c1. The highest BCUT2D eigenvalue weighted by Gasteiger charge is 2.43. The number of hydrogen-bond acceptors (Lipinski definition) is 4.